The van der Waals surface area contributed by atoms with Crippen molar-refractivity contribution in [2.75, 3.05) is 12.3 Å². The molecule has 1 atom stereocenters. The highest BCUT2D eigenvalue weighted by Crippen LogP contribution is 2.23. The van der Waals surface area contributed by atoms with Gasteiger partial charge in [0.25, 0.3) is 0 Å². The van der Waals surface area contributed by atoms with E-state index in [4.69, 9.17) is 0 Å². The van der Waals surface area contributed by atoms with Gasteiger partial charge in [-0.2, -0.15) is 0 Å². The fourth-order valence-electron chi connectivity index (χ4n) is 1.86. The van der Waals surface area contributed by atoms with E-state index in [0.717, 1.165) is 18.7 Å². The topological polar surface area (TPSA) is 12.0 Å². The lowest BCUT2D eigenvalue weighted by molar-refractivity contribution is 0.537. The maximum Gasteiger partial charge on any atom is 0.0164 e. The van der Waals surface area contributed by atoms with Gasteiger partial charge in [-0.1, -0.05) is 30.7 Å². The first-order valence-electron chi connectivity index (χ1n) is 6.69. The second-order valence-corrected chi connectivity index (χ2v) is 5.89. The van der Waals surface area contributed by atoms with E-state index in [9.17, 15) is 0 Å². The molecule has 100 valence electrons. The van der Waals surface area contributed by atoms with Crippen LogP contribution in [0.25, 0.3) is 0 Å². The van der Waals surface area contributed by atoms with Gasteiger partial charge in [-0.15, -0.1) is 18.3 Å². The van der Waals surface area contributed by atoms with E-state index in [1.807, 2.05) is 11.8 Å². The minimum absolute atomic E-state index is 0.580. The van der Waals surface area contributed by atoms with E-state index in [1.54, 1.807) is 0 Å². The molecule has 0 aliphatic heterocycles. The summed E-state index contributed by atoms with van der Waals surface area (Å²) in [6, 6.07) is 9.19. The summed E-state index contributed by atoms with van der Waals surface area (Å²) in [7, 11) is 0. The zero-order chi connectivity index (χ0) is 13.4. The fourth-order valence-corrected chi connectivity index (χ4v) is 3.00. The Morgan fingerprint density at radius 3 is 2.72 bits per heavy atom. The van der Waals surface area contributed by atoms with E-state index in [0.29, 0.717) is 6.04 Å². The van der Waals surface area contributed by atoms with Gasteiger partial charge in [0.1, 0.15) is 0 Å². The van der Waals surface area contributed by atoms with E-state index in [1.165, 1.54) is 22.5 Å². The molecule has 0 radical (unpaired) electrons. The second kappa shape index (κ2) is 8.39. The molecule has 0 amide bonds. The van der Waals surface area contributed by atoms with Gasteiger partial charge in [-0.05, 0) is 44.9 Å². The number of nitrogens with one attached hydrogen (secondary N) is 1. The molecule has 0 heterocycles. The van der Waals surface area contributed by atoms with Crippen LogP contribution in [-0.2, 0) is 0 Å². The molecule has 2 heteroatoms. The van der Waals surface area contributed by atoms with Crippen molar-refractivity contribution >= 4 is 11.8 Å². The molecule has 0 spiro atoms. The minimum atomic E-state index is 0.580. The Kier molecular flexibility index (Phi) is 7.14. The van der Waals surface area contributed by atoms with Crippen molar-refractivity contribution in [3.63, 3.8) is 0 Å². The van der Waals surface area contributed by atoms with Gasteiger partial charge < -0.3 is 5.32 Å². The lowest BCUT2D eigenvalue weighted by Gasteiger charge is -2.18. The van der Waals surface area contributed by atoms with Crippen LogP contribution in [0.5, 0.6) is 0 Å². The van der Waals surface area contributed by atoms with Gasteiger partial charge in [0.2, 0.25) is 0 Å². The molecule has 1 aromatic rings. The number of hydrogen-bond donors (Lipinski definition) is 1. The summed E-state index contributed by atoms with van der Waals surface area (Å²) in [5.41, 5.74) is 2.65. The summed E-state index contributed by atoms with van der Waals surface area (Å²) < 4.78 is 0. The van der Waals surface area contributed by atoms with Crippen LogP contribution in [0.1, 0.15) is 32.3 Å². The lowest BCUT2D eigenvalue weighted by Crippen LogP contribution is -2.31. The van der Waals surface area contributed by atoms with Crippen molar-refractivity contribution in [2.24, 2.45) is 0 Å². The summed E-state index contributed by atoms with van der Waals surface area (Å²) in [6.07, 6.45) is 2.30. The number of hydrogen-bond acceptors (Lipinski definition) is 2. The molecule has 0 fully saturated rings. The molecule has 18 heavy (non-hydrogen) atoms. The van der Waals surface area contributed by atoms with Crippen LogP contribution in [0, 0.1) is 6.92 Å². The summed E-state index contributed by atoms with van der Waals surface area (Å²) in [6.45, 7) is 11.5. The molecule has 1 aromatic carbocycles. The first-order valence-corrected chi connectivity index (χ1v) is 7.68. The standard InChI is InChI=1S/C16H25NS/c1-5-17-15(11-10-13(2)3)12-18-16-9-7-6-8-14(16)4/h6-9,15,17H,2,5,10-12H2,1,3-4H3. The maximum atomic E-state index is 3.99. The highest BCUT2D eigenvalue weighted by molar-refractivity contribution is 7.99. The van der Waals surface area contributed by atoms with E-state index in [-0.39, 0.29) is 0 Å². The molecule has 0 aliphatic carbocycles. The van der Waals surface area contributed by atoms with Crippen molar-refractivity contribution in [3.8, 4) is 0 Å². The highest BCUT2D eigenvalue weighted by atomic mass is 32.2. The monoisotopic (exact) mass is 263 g/mol. The molecule has 0 aromatic heterocycles. The average Bonchev–Trinajstić information content (AvgIpc) is 2.34. The Balaban J connectivity index is 2.46. The van der Waals surface area contributed by atoms with Crippen molar-refractivity contribution in [1.82, 2.24) is 5.32 Å². The smallest absolute Gasteiger partial charge is 0.0164 e. The molecular weight excluding hydrogens is 238 g/mol. The molecule has 1 nitrogen and oxygen atoms in total. The Labute approximate surface area is 116 Å². The van der Waals surface area contributed by atoms with Gasteiger partial charge in [0.15, 0.2) is 0 Å². The minimum Gasteiger partial charge on any atom is -0.313 e. The maximum absolute atomic E-state index is 3.99. The lowest BCUT2D eigenvalue weighted by atomic mass is 10.1. The molecule has 0 bridgehead atoms. The van der Waals surface area contributed by atoms with Crippen LogP contribution in [0.2, 0.25) is 0 Å². The average molecular weight is 263 g/mol. The Morgan fingerprint density at radius 1 is 1.39 bits per heavy atom. The summed E-state index contributed by atoms with van der Waals surface area (Å²) in [4.78, 5) is 1.40. The van der Waals surface area contributed by atoms with Gasteiger partial charge in [0, 0.05) is 16.7 Å². The largest absolute Gasteiger partial charge is 0.313 e. The van der Waals surface area contributed by atoms with Crippen molar-refractivity contribution in [2.45, 2.75) is 44.6 Å². The summed E-state index contributed by atoms with van der Waals surface area (Å²) in [5, 5.41) is 3.57. The molecule has 0 saturated heterocycles. The van der Waals surface area contributed by atoms with Gasteiger partial charge in [0.05, 0.1) is 0 Å². The molecule has 0 aliphatic rings. The van der Waals surface area contributed by atoms with Gasteiger partial charge in [-0.25, -0.2) is 0 Å². The van der Waals surface area contributed by atoms with Crippen LogP contribution in [0.4, 0.5) is 0 Å². The first-order chi connectivity index (χ1) is 8.63. The Bertz CT molecular complexity index is 373. The molecule has 0 saturated carbocycles. The summed E-state index contributed by atoms with van der Waals surface area (Å²) in [5.74, 6) is 1.13. The number of rotatable bonds is 8. The number of aryl methyl sites for hydroxylation is 1. The SMILES string of the molecule is C=C(C)CCC(CSc1ccccc1C)NCC. The van der Waals surface area contributed by atoms with E-state index in [2.05, 4.69) is 56.9 Å². The molecule has 1 rings (SSSR count). The van der Waals surface area contributed by atoms with Crippen molar-refractivity contribution < 1.29 is 0 Å². The number of benzene rings is 1. The predicted octanol–water partition coefficient (Wildman–Crippen LogP) is 4.42. The van der Waals surface area contributed by atoms with Crippen LogP contribution < -0.4 is 5.32 Å². The normalized spacial score (nSPS) is 12.4. The quantitative estimate of drug-likeness (QED) is 0.550. The Morgan fingerprint density at radius 2 is 2.11 bits per heavy atom. The van der Waals surface area contributed by atoms with Gasteiger partial charge >= 0.3 is 0 Å². The van der Waals surface area contributed by atoms with Crippen LogP contribution >= 0.6 is 11.8 Å². The fraction of sp³-hybridized carbons (Fsp3) is 0.500. The van der Waals surface area contributed by atoms with E-state index >= 15 is 0 Å². The second-order valence-electron chi connectivity index (χ2n) is 4.83. The van der Waals surface area contributed by atoms with Crippen LogP contribution in [0.3, 0.4) is 0 Å². The third-order valence-electron chi connectivity index (χ3n) is 2.95. The van der Waals surface area contributed by atoms with Crippen molar-refractivity contribution in [3.05, 3.63) is 42.0 Å². The molecule has 1 N–H and O–H groups in total. The zero-order valence-corrected chi connectivity index (χ0v) is 12.6. The van der Waals surface area contributed by atoms with Crippen molar-refractivity contribution in [1.29, 1.82) is 0 Å². The third kappa shape index (κ3) is 5.74. The number of allylic oxidation sites excluding steroid dienone is 1. The van der Waals surface area contributed by atoms with E-state index < -0.39 is 0 Å². The molecule has 1 unspecified atom stereocenters. The highest BCUT2D eigenvalue weighted by Gasteiger charge is 2.08. The van der Waals surface area contributed by atoms with Crippen LogP contribution in [-0.4, -0.2) is 18.3 Å². The third-order valence-corrected chi connectivity index (χ3v) is 4.28. The Hall–Kier alpha value is -0.730. The first kappa shape index (κ1) is 15.3. The zero-order valence-electron chi connectivity index (χ0n) is 11.8. The molecular formula is C16H25NS. The predicted molar refractivity (Wildman–Crippen MR) is 83.4 cm³/mol. The van der Waals surface area contributed by atoms with Crippen LogP contribution in [0.15, 0.2) is 41.3 Å². The summed E-state index contributed by atoms with van der Waals surface area (Å²) >= 11 is 1.95. The number of thioether (sulfide) groups is 1. The van der Waals surface area contributed by atoms with Gasteiger partial charge in [-0.3, -0.25) is 0 Å².